The van der Waals surface area contributed by atoms with Gasteiger partial charge in [0.25, 0.3) is 0 Å². The number of halogens is 2. The van der Waals surface area contributed by atoms with Crippen molar-refractivity contribution in [1.82, 2.24) is 0 Å². The van der Waals surface area contributed by atoms with Crippen molar-refractivity contribution < 1.29 is 4.39 Å². The minimum absolute atomic E-state index is 0.133. The van der Waals surface area contributed by atoms with Gasteiger partial charge in [0.1, 0.15) is 5.82 Å². The first-order valence-electron chi connectivity index (χ1n) is 4.15. The lowest BCUT2D eigenvalue weighted by Crippen LogP contribution is -2.09. The molecule has 72 valence electrons. The van der Waals surface area contributed by atoms with Gasteiger partial charge in [0, 0.05) is 10.5 Å². The van der Waals surface area contributed by atoms with Crippen LogP contribution in [0.5, 0.6) is 0 Å². The van der Waals surface area contributed by atoms with E-state index in [4.69, 9.17) is 5.73 Å². The monoisotopic (exact) mass is 245 g/mol. The molecule has 0 radical (unpaired) electrons. The average molecular weight is 246 g/mol. The predicted molar refractivity (Wildman–Crippen MR) is 56.2 cm³/mol. The molecule has 0 spiro atoms. The molecular weight excluding hydrogens is 233 g/mol. The fourth-order valence-electron chi connectivity index (χ4n) is 1.34. The van der Waals surface area contributed by atoms with Crippen molar-refractivity contribution in [3.05, 3.63) is 33.0 Å². The summed E-state index contributed by atoms with van der Waals surface area (Å²) in [7, 11) is 0. The lowest BCUT2D eigenvalue weighted by molar-refractivity contribution is 0.601. The molecule has 0 aromatic heterocycles. The molecule has 1 atom stereocenters. The molecule has 2 N–H and O–H groups in total. The maximum absolute atomic E-state index is 13.5. The topological polar surface area (TPSA) is 26.0 Å². The molecular formula is C10H13BrFN. The predicted octanol–water partition coefficient (Wildman–Crippen LogP) is 3.22. The molecule has 1 rings (SSSR count). The smallest absolute Gasteiger partial charge is 0.130 e. The molecule has 0 aliphatic rings. The first kappa shape index (κ1) is 10.7. The van der Waals surface area contributed by atoms with Crippen LogP contribution in [0.3, 0.4) is 0 Å². The van der Waals surface area contributed by atoms with Crippen LogP contribution in [0, 0.1) is 19.7 Å². The number of hydrogen-bond donors (Lipinski definition) is 1. The number of hydrogen-bond acceptors (Lipinski definition) is 1. The van der Waals surface area contributed by atoms with Crippen LogP contribution in [0.2, 0.25) is 0 Å². The third-order valence-electron chi connectivity index (χ3n) is 2.22. The second-order valence-corrected chi connectivity index (χ2v) is 4.15. The van der Waals surface area contributed by atoms with Crippen molar-refractivity contribution in [1.29, 1.82) is 0 Å². The largest absolute Gasteiger partial charge is 0.324 e. The molecule has 0 fully saturated rings. The molecule has 1 nitrogen and oxygen atoms in total. The standard InChI is InChI=1S/C10H13BrFN/c1-5-8(7(3)13)4-9(11)6(2)10(5)12/h4,7H,13H2,1-3H3. The number of rotatable bonds is 1. The van der Waals surface area contributed by atoms with Gasteiger partial charge < -0.3 is 5.73 Å². The lowest BCUT2D eigenvalue weighted by Gasteiger charge is -2.13. The Morgan fingerprint density at radius 2 is 1.92 bits per heavy atom. The molecule has 1 aromatic carbocycles. The zero-order valence-corrected chi connectivity index (χ0v) is 9.57. The highest BCUT2D eigenvalue weighted by atomic mass is 79.9. The number of nitrogens with two attached hydrogens (primary N) is 1. The van der Waals surface area contributed by atoms with E-state index in [0.717, 1.165) is 10.0 Å². The quantitative estimate of drug-likeness (QED) is 0.808. The maximum Gasteiger partial charge on any atom is 0.130 e. The summed E-state index contributed by atoms with van der Waals surface area (Å²) >= 11 is 3.30. The number of benzene rings is 1. The molecule has 0 aliphatic heterocycles. The van der Waals surface area contributed by atoms with Gasteiger partial charge in [-0.25, -0.2) is 4.39 Å². The molecule has 0 saturated carbocycles. The summed E-state index contributed by atoms with van der Waals surface area (Å²) in [4.78, 5) is 0. The third-order valence-corrected chi connectivity index (χ3v) is 3.05. The Labute approximate surface area is 86.3 Å². The van der Waals surface area contributed by atoms with Crippen molar-refractivity contribution in [2.75, 3.05) is 0 Å². The van der Waals surface area contributed by atoms with E-state index in [-0.39, 0.29) is 11.9 Å². The zero-order chi connectivity index (χ0) is 10.2. The lowest BCUT2D eigenvalue weighted by atomic mass is 10.0. The van der Waals surface area contributed by atoms with Crippen LogP contribution >= 0.6 is 15.9 Å². The van der Waals surface area contributed by atoms with Gasteiger partial charge in [0.05, 0.1) is 0 Å². The molecule has 0 heterocycles. The van der Waals surface area contributed by atoms with Gasteiger partial charge >= 0.3 is 0 Å². The summed E-state index contributed by atoms with van der Waals surface area (Å²) in [6.45, 7) is 5.36. The summed E-state index contributed by atoms with van der Waals surface area (Å²) in [5.74, 6) is -0.165. The van der Waals surface area contributed by atoms with Crippen molar-refractivity contribution in [3.63, 3.8) is 0 Å². The van der Waals surface area contributed by atoms with Crippen molar-refractivity contribution in [2.45, 2.75) is 26.8 Å². The van der Waals surface area contributed by atoms with E-state index in [1.165, 1.54) is 0 Å². The molecule has 0 bridgehead atoms. The summed E-state index contributed by atoms with van der Waals surface area (Å²) < 4.78 is 14.3. The van der Waals surface area contributed by atoms with Crippen LogP contribution in [0.1, 0.15) is 29.7 Å². The maximum atomic E-state index is 13.5. The first-order chi connectivity index (χ1) is 5.95. The minimum Gasteiger partial charge on any atom is -0.324 e. The summed E-state index contributed by atoms with van der Waals surface area (Å²) in [6.07, 6.45) is 0. The van der Waals surface area contributed by atoms with Crippen molar-refractivity contribution in [3.8, 4) is 0 Å². The van der Waals surface area contributed by atoms with E-state index in [1.54, 1.807) is 13.8 Å². The SMILES string of the molecule is Cc1c(Br)cc(C(C)N)c(C)c1F. The van der Waals surface area contributed by atoms with Gasteiger partial charge in [-0.1, -0.05) is 15.9 Å². The van der Waals surface area contributed by atoms with E-state index >= 15 is 0 Å². The van der Waals surface area contributed by atoms with E-state index in [0.29, 0.717) is 11.1 Å². The van der Waals surface area contributed by atoms with Crippen LogP contribution in [-0.4, -0.2) is 0 Å². The Morgan fingerprint density at radius 3 is 2.38 bits per heavy atom. The van der Waals surface area contributed by atoms with Crippen LogP contribution < -0.4 is 5.73 Å². The molecule has 1 aromatic rings. The second kappa shape index (κ2) is 3.76. The van der Waals surface area contributed by atoms with Gasteiger partial charge in [0.2, 0.25) is 0 Å². The summed E-state index contributed by atoms with van der Waals surface area (Å²) in [5, 5.41) is 0. The van der Waals surface area contributed by atoms with Crippen LogP contribution in [0.4, 0.5) is 4.39 Å². The van der Waals surface area contributed by atoms with Gasteiger partial charge in [-0.2, -0.15) is 0 Å². The molecule has 3 heteroatoms. The highest BCUT2D eigenvalue weighted by molar-refractivity contribution is 9.10. The van der Waals surface area contributed by atoms with Crippen molar-refractivity contribution >= 4 is 15.9 Å². The van der Waals surface area contributed by atoms with Crippen molar-refractivity contribution in [2.24, 2.45) is 5.73 Å². The zero-order valence-electron chi connectivity index (χ0n) is 7.99. The first-order valence-corrected chi connectivity index (χ1v) is 4.95. The van der Waals surface area contributed by atoms with Gasteiger partial charge in [-0.3, -0.25) is 0 Å². The Hall–Kier alpha value is -0.410. The Morgan fingerprint density at radius 1 is 1.38 bits per heavy atom. The van der Waals surface area contributed by atoms with Gasteiger partial charge in [0.15, 0.2) is 0 Å². The highest BCUT2D eigenvalue weighted by Gasteiger charge is 2.12. The molecule has 13 heavy (non-hydrogen) atoms. The van der Waals surface area contributed by atoms with E-state index in [2.05, 4.69) is 15.9 Å². The Bertz CT molecular complexity index is 334. The summed E-state index contributed by atoms with van der Waals surface area (Å²) in [6, 6.07) is 1.75. The second-order valence-electron chi connectivity index (χ2n) is 3.30. The van der Waals surface area contributed by atoms with E-state index in [9.17, 15) is 4.39 Å². The fourth-order valence-corrected chi connectivity index (χ4v) is 1.76. The van der Waals surface area contributed by atoms with E-state index < -0.39 is 0 Å². The fraction of sp³-hybridized carbons (Fsp3) is 0.400. The molecule has 0 saturated heterocycles. The van der Waals surface area contributed by atoms with Gasteiger partial charge in [-0.05, 0) is 43.5 Å². The molecule has 0 amide bonds. The average Bonchev–Trinajstić information content (AvgIpc) is 2.07. The van der Waals surface area contributed by atoms with Crippen LogP contribution in [0.25, 0.3) is 0 Å². The van der Waals surface area contributed by atoms with Crippen LogP contribution in [0.15, 0.2) is 10.5 Å². The van der Waals surface area contributed by atoms with E-state index in [1.807, 2.05) is 13.0 Å². The summed E-state index contributed by atoms with van der Waals surface area (Å²) in [5.41, 5.74) is 7.86. The molecule has 1 unspecified atom stereocenters. The third kappa shape index (κ3) is 1.92. The highest BCUT2D eigenvalue weighted by Crippen LogP contribution is 2.27. The van der Waals surface area contributed by atoms with Crippen LogP contribution in [-0.2, 0) is 0 Å². The Kier molecular flexibility index (Phi) is 3.09. The Balaban J connectivity index is 3.41. The molecule has 0 aliphatic carbocycles. The van der Waals surface area contributed by atoms with Gasteiger partial charge in [-0.15, -0.1) is 0 Å². The normalized spacial score (nSPS) is 13.1. The minimum atomic E-state index is -0.165.